The second kappa shape index (κ2) is 7.04. The number of nitrogens with one attached hydrogen (secondary N) is 1. The first-order valence-electron chi connectivity index (χ1n) is 7.54. The van der Waals surface area contributed by atoms with Crippen LogP contribution in [0, 0.1) is 5.92 Å². The fourth-order valence-electron chi connectivity index (χ4n) is 2.79. The Balaban J connectivity index is 1.72. The number of piperidine rings is 1. The largest absolute Gasteiger partial charge is 0.369 e. The van der Waals surface area contributed by atoms with Crippen molar-refractivity contribution in [3.05, 3.63) is 34.2 Å². The fraction of sp³-hybridized carbons (Fsp3) is 0.312. The summed E-state index contributed by atoms with van der Waals surface area (Å²) in [6.07, 6.45) is 1.57. The lowest BCUT2D eigenvalue weighted by Crippen LogP contribution is -2.49. The molecule has 24 heavy (non-hydrogen) atoms. The third kappa shape index (κ3) is 3.38. The maximum atomic E-state index is 12.5. The number of carbonyl (C=O) groups excluding carboxylic acids is 2. The normalized spacial score (nSPS) is 17.7. The molecule has 126 valence electrons. The van der Waals surface area contributed by atoms with Gasteiger partial charge in [0.1, 0.15) is 4.88 Å². The van der Waals surface area contributed by atoms with Gasteiger partial charge >= 0.3 is 0 Å². The van der Waals surface area contributed by atoms with Gasteiger partial charge in [-0.25, -0.2) is 0 Å². The number of thiocarbonyl (C=S) groups is 1. The predicted octanol–water partition coefficient (Wildman–Crippen LogP) is 2.77. The zero-order chi connectivity index (χ0) is 17.3. The van der Waals surface area contributed by atoms with Crippen LogP contribution < -0.4 is 11.1 Å². The highest BCUT2D eigenvalue weighted by Crippen LogP contribution is 2.35. The maximum absolute atomic E-state index is 12.5. The molecule has 0 saturated carbocycles. The number of amides is 2. The van der Waals surface area contributed by atoms with Crippen molar-refractivity contribution < 1.29 is 9.59 Å². The molecule has 2 amide bonds. The van der Waals surface area contributed by atoms with Crippen LogP contribution in [-0.2, 0) is 4.79 Å². The molecule has 1 aliphatic rings. The van der Waals surface area contributed by atoms with Crippen LogP contribution in [0.25, 0.3) is 10.1 Å². The summed E-state index contributed by atoms with van der Waals surface area (Å²) in [5.41, 5.74) is 5.37. The number of hydrogen-bond donors (Lipinski definition) is 2. The highest BCUT2D eigenvalue weighted by molar-refractivity contribution is 7.80. The molecule has 1 saturated heterocycles. The molecule has 1 aromatic heterocycles. The van der Waals surface area contributed by atoms with E-state index in [-0.39, 0.29) is 17.7 Å². The van der Waals surface area contributed by atoms with Crippen LogP contribution in [0.5, 0.6) is 0 Å². The van der Waals surface area contributed by atoms with E-state index in [1.165, 1.54) is 11.3 Å². The van der Waals surface area contributed by atoms with Gasteiger partial charge in [-0.15, -0.1) is 11.3 Å². The molecule has 8 heteroatoms. The Bertz CT molecular complexity index is 821. The number of carbonyl (C=O) groups is 2. The van der Waals surface area contributed by atoms with Crippen LogP contribution in [0.15, 0.2) is 24.3 Å². The second-order valence-electron chi connectivity index (χ2n) is 5.69. The van der Waals surface area contributed by atoms with Gasteiger partial charge in [-0.2, -0.15) is 0 Å². The lowest BCUT2D eigenvalue weighted by molar-refractivity contribution is -0.122. The van der Waals surface area contributed by atoms with Crippen LogP contribution in [0.4, 0.5) is 0 Å². The van der Waals surface area contributed by atoms with Crippen LogP contribution in [0.3, 0.4) is 0 Å². The Morgan fingerprint density at radius 2 is 2.12 bits per heavy atom. The SMILES string of the molecule is NC(=O)[C@@H]1CCCN(C(=S)NC(=O)c2sc3ccccc3c2Cl)C1. The van der Waals surface area contributed by atoms with Crippen molar-refractivity contribution in [3.8, 4) is 0 Å². The number of fused-ring (bicyclic) bond motifs is 1. The molecule has 3 rings (SSSR count). The van der Waals surface area contributed by atoms with E-state index in [4.69, 9.17) is 29.6 Å². The van der Waals surface area contributed by atoms with Gasteiger partial charge in [0.05, 0.1) is 10.9 Å². The standard InChI is InChI=1S/C16H16ClN3O2S2/c17-12-10-5-1-2-6-11(10)24-13(12)15(22)19-16(23)20-7-3-4-9(8-20)14(18)21/h1-2,5-6,9H,3-4,7-8H2,(H2,18,21)(H,19,22,23)/t9-/m1/s1. The Morgan fingerprint density at radius 3 is 2.83 bits per heavy atom. The number of nitrogens with two attached hydrogens (primary N) is 1. The molecule has 0 aliphatic carbocycles. The van der Waals surface area contributed by atoms with Crippen molar-refractivity contribution in [1.82, 2.24) is 10.2 Å². The molecule has 1 atom stereocenters. The summed E-state index contributed by atoms with van der Waals surface area (Å²) >= 11 is 13.0. The summed E-state index contributed by atoms with van der Waals surface area (Å²) in [5, 5.41) is 4.31. The average Bonchev–Trinajstić information content (AvgIpc) is 2.92. The Labute approximate surface area is 153 Å². The van der Waals surface area contributed by atoms with Gasteiger partial charge in [0, 0.05) is 23.2 Å². The minimum Gasteiger partial charge on any atom is -0.369 e. The fourth-order valence-corrected chi connectivity index (χ4v) is 4.46. The van der Waals surface area contributed by atoms with Gasteiger partial charge < -0.3 is 10.6 Å². The molecule has 3 N–H and O–H groups in total. The first kappa shape index (κ1) is 17.1. The Hall–Kier alpha value is -1.70. The molecular weight excluding hydrogens is 366 g/mol. The molecular formula is C16H16ClN3O2S2. The zero-order valence-electron chi connectivity index (χ0n) is 12.8. The molecule has 1 aliphatic heterocycles. The van der Waals surface area contributed by atoms with Gasteiger partial charge in [-0.05, 0) is 31.1 Å². The smallest absolute Gasteiger partial charge is 0.269 e. The van der Waals surface area contributed by atoms with E-state index in [2.05, 4.69) is 5.32 Å². The van der Waals surface area contributed by atoms with E-state index in [1.807, 2.05) is 29.2 Å². The van der Waals surface area contributed by atoms with E-state index >= 15 is 0 Å². The van der Waals surface area contributed by atoms with Crippen LogP contribution in [0.1, 0.15) is 22.5 Å². The van der Waals surface area contributed by atoms with Gasteiger partial charge in [-0.1, -0.05) is 29.8 Å². The van der Waals surface area contributed by atoms with Crippen molar-refractivity contribution in [3.63, 3.8) is 0 Å². The molecule has 0 unspecified atom stereocenters. The molecule has 1 aromatic carbocycles. The molecule has 5 nitrogen and oxygen atoms in total. The maximum Gasteiger partial charge on any atom is 0.269 e. The summed E-state index contributed by atoms with van der Waals surface area (Å²) in [7, 11) is 0. The van der Waals surface area contributed by atoms with Gasteiger partial charge in [0.2, 0.25) is 5.91 Å². The number of nitrogens with zero attached hydrogens (tertiary/aromatic N) is 1. The minimum absolute atomic E-state index is 0.235. The summed E-state index contributed by atoms with van der Waals surface area (Å²) in [6, 6.07) is 7.58. The third-order valence-electron chi connectivity index (χ3n) is 4.07. The van der Waals surface area contributed by atoms with Crippen LogP contribution >= 0.6 is 35.2 Å². The van der Waals surface area contributed by atoms with Crippen LogP contribution in [0.2, 0.25) is 5.02 Å². The summed E-state index contributed by atoms with van der Waals surface area (Å²) < 4.78 is 0.949. The van der Waals surface area contributed by atoms with E-state index in [9.17, 15) is 9.59 Å². The van der Waals surface area contributed by atoms with Gasteiger partial charge in [0.25, 0.3) is 5.91 Å². The van der Waals surface area contributed by atoms with Crippen LogP contribution in [-0.4, -0.2) is 34.9 Å². The highest BCUT2D eigenvalue weighted by atomic mass is 35.5. The average molecular weight is 382 g/mol. The number of hydrogen-bond acceptors (Lipinski definition) is 4. The molecule has 1 fully saturated rings. The number of thiophene rings is 1. The number of likely N-dealkylation sites (tertiary alicyclic amines) is 1. The van der Waals surface area contributed by atoms with Crippen molar-refractivity contribution in [1.29, 1.82) is 0 Å². The number of rotatable bonds is 2. The monoisotopic (exact) mass is 381 g/mol. The summed E-state index contributed by atoms with van der Waals surface area (Å²) in [6.45, 7) is 1.14. The second-order valence-corrected chi connectivity index (χ2v) is 7.51. The lowest BCUT2D eigenvalue weighted by Gasteiger charge is -2.32. The third-order valence-corrected chi connectivity index (χ3v) is 6.11. The molecule has 0 bridgehead atoms. The van der Waals surface area contributed by atoms with Crippen molar-refractivity contribution in [2.45, 2.75) is 12.8 Å². The number of primary amides is 1. The molecule has 2 aromatic rings. The van der Waals surface area contributed by atoms with Gasteiger partial charge in [-0.3, -0.25) is 14.9 Å². The lowest BCUT2D eigenvalue weighted by atomic mass is 9.98. The molecule has 2 heterocycles. The van der Waals surface area contributed by atoms with Crippen molar-refractivity contribution >= 4 is 62.2 Å². The Morgan fingerprint density at radius 1 is 1.38 bits per heavy atom. The molecule has 0 radical (unpaired) electrons. The minimum atomic E-state index is -0.332. The summed E-state index contributed by atoms with van der Waals surface area (Å²) in [4.78, 5) is 26.1. The quantitative estimate of drug-likeness (QED) is 0.784. The zero-order valence-corrected chi connectivity index (χ0v) is 15.1. The highest BCUT2D eigenvalue weighted by Gasteiger charge is 2.27. The predicted molar refractivity (Wildman–Crippen MR) is 100 cm³/mol. The topological polar surface area (TPSA) is 75.4 Å². The van der Waals surface area contributed by atoms with Crippen molar-refractivity contribution in [2.24, 2.45) is 11.7 Å². The van der Waals surface area contributed by atoms with E-state index in [0.29, 0.717) is 28.1 Å². The number of benzene rings is 1. The van der Waals surface area contributed by atoms with E-state index in [0.717, 1.165) is 22.9 Å². The van der Waals surface area contributed by atoms with E-state index in [1.54, 1.807) is 0 Å². The first-order chi connectivity index (χ1) is 11.5. The molecule has 0 spiro atoms. The Kier molecular flexibility index (Phi) is 5.03. The van der Waals surface area contributed by atoms with E-state index < -0.39 is 0 Å². The summed E-state index contributed by atoms with van der Waals surface area (Å²) in [5.74, 6) is -0.893. The van der Waals surface area contributed by atoms with Gasteiger partial charge in [0.15, 0.2) is 5.11 Å². The number of halogens is 1. The first-order valence-corrected chi connectivity index (χ1v) is 9.14. The van der Waals surface area contributed by atoms with Crippen molar-refractivity contribution in [2.75, 3.05) is 13.1 Å².